The van der Waals surface area contributed by atoms with Crippen molar-refractivity contribution in [1.29, 1.82) is 0 Å². The van der Waals surface area contributed by atoms with Crippen LogP contribution in [-0.2, 0) is 0 Å². The molecule has 1 aliphatic heterocycles. The Morgan fingerprint density at radius 1 is 1.12 bits per heavy atom. The predicted octanol–water partition coefficient (Wildman–Crippen LogP) is 1.02. The first-order chi connectivity index (χ1) is 8.17. The largest absolute Gasteiger partial charge is 0.330 e. The molecule has 4 heteroatoms. The van der Waals surface area contributed by atoms with Gasteiger partial charge in [-0.1, -0.05) is 12.1 Å². The Hall–Kier alpha value is -1.68. The van der Waals surface area contributed by atoms with Crippen molar-refractivity contribution < 1.29 is 9.59 Å². The van der Waals surface area contributed by atoms with Crippen molar-refractivity contribution in [1.82, 2.24) is 4.90 Å². The van der Waals surface area contributed by atoms with Crippen LogP contribution in [0.25, 0.3) is 0 Å². The molecule has 3 rings (SSSR count). The minimum Gasteiger partial charge on any atom is -0.330 e. The Kier molecular flexibility index (Phi) is 2.10. The lowest BCUT2D eigenvalue weighted by atomic mass is 10.1. The maximum atomic E-state index is 12.1. The molecule has 1 aliphatic carbocycles. The molecule has 2 amide bonds. The van der Waals surface area contributed by atoms with Gasteiger partial charge >= 0.3 is 0 Å². The van der Waals surface area contributed by atoms with Crippen molar-refractivity contribution in [3.8, 4) is 0 Å². The van der Waals surface area contributed by atoms with E-state index in [9.17, 15) is 9.59 Å². The third-order valence-electron chi connectivity index (χ3n) is 3.76. The Bertz CT molecular complexity index is 471. The van der Waals surface area contributed by atoms with Crippen LogP contribution in [0.3, 0.4) is 0 Å². The molecule has 2 N–H and O–H groups in total. The van der Waals surface area contributed by atoms with Crippen LogP contribution in [-0.4, -0.2) is 29.8 Å². The number of carbonyl (C=O) groups is 2. The van der Waals surface area contributed by atoms with Gasteiger partial charge < -0.3 is 5.73 Å². The van der Waals surface area contributed by atoms with E-state index in [0.29, 0.717) is 24.2 Å². The summed E-state index contributed by atoms with van der Waals surface area (Å²) in [4.78, 5) is 25.5. The second-order valence-electron chi connectivity index (χ2n) is 4.95. The molecule has 4 nitrogen and oxygen atoms in total. The van der Waals surface area contributed by atoms with Gasteiger partial charge in [-0.2, -0.15) is 0 Å². The zero-order valence-corrected chi connectivity index (χ0v) is 9.48. The molecule has 0 bridgehead atoms. The Labute approximate surface area is 99.4 Å². The van der Waals surface area contributed by atoms with Crippen LogP contribution in [0.15, 0.2) is 24.3 Å². The summed E-state index contributed by atoms with van der Waals surface area (Å²) < 4.78 is 0. The molecular weight excluding hydrogens is 216 g/mol. The first kappa shape index (κ1) is 10.5. The summed E-state index contributed by atoms with van der Waals surface area (Å²) >= 11 is 0. The monoisotopic (exact) mass is 230 g/mol. The van der Waals surface area contributed by atoms with E-state index in [2.05, 4.69) is 0 Å². The summed E-state index contributed by atoms with van der Waals surface area (Å²) in [7, 11) is 0. The number of nitrogens with two attached hydrogens (primary N) is 1. The summed E-state index contributed by atoms with van der Waals surface area (Å²) in [6, 6.07) is 6.97. The summed E-state index contributed by atoms with van der Waals surface area (Å²) in [5.74, 6) is -0.351. The van der Waals surface area contributed by atoms with Gasteiger partial charge in [0, 0.05) is 12.0 Å². The van der Waals surface area contributed by atoms with Crippen LogP contribution >= 0.6 is 0 Å². The van der Waals surface area contributed by atoms with Crippen LogP contribution in [0.2, 0.25) is 0 Å². The Morgan fingerprint density at radius 3 is 2.06 bits per heavy atom. The van der Waals surface area contributed by atoms with E-state index in [-0.39, 0.29) is 17.2 Å². The summed E-state index contributed by atoms with van der Waals surface area (Å²) in [6.45, 7) is 1.01. The molecule has 0 spiro atoms. The highest BCUT2D eigenvalue weighted by Gasteiger charge is 2.47. The lowest BCUT2D eigenvalue weighted by Crippen LogP contribution is -2.38. The van der Waals surface area contributed by atoms with Gasteiger partial charge in [0.05, 0.1) is 11.1 Å². The molecule has 1 saturated carbocycles. The quantitative estimate of drug-likeness (QED) is 0.788. The molecule has 1 aromatic rings. The molecule has 88 valence electrons. The van der Waals surface area contributed by atoms with Crippen LogP contribution in [0.1, 0.15) is 33.6 Å². The van der Waals surface area contributed by atoms with Crippen molar-refractivity contribution in [2.24, 2.45) is 11.1 Å². The van der Waals surface area contributed by atoms with E-state index in [1.807, 2.05) is 0 Å². The smallest absolute Gasteiger partial charge is 0.261 e. The van der Waals surface area contributed by atoms with E-state index in [0.717, 1.165) is 12.8 Å². The molecule has 1 aromatic carbocycles. The number of hydrogen-bond acceptors (Lipinski definition) is 3. The fraction of sp³-hybridized carbons (Fsp3) is 0.385. The first-order valence-corrected chi connectivity index (χ1v) is 5.82. The second kappa shape index (κ2) is 3.40. The van der Waals surface area contributed by atoms with E-state index < -0.39 is 0 Å². The Morgan fingerprint density at radius 2 is 1.65 bits per heavy atom. The zero-order valence-electron chi connectivity index (χ0n) is 9.48. The molecule has 0 atom stereocenters. The van der Waals surface area contributed by atoms with Gasteiger partial charge in [0.1, 0.15) is 0 Å². The normalized spacial score (nSPS) is 20.6. The summed E-state index contributed by atoms with van der Waals surface area (Å²) in [5.41, 5.74) is 6.72. The van der Waals surface area contributed by atoms with Crippen LogP contribution < -0.4 is 5.73 Å². The maximum absolute atomic E-state index is 12.1. The molecule has 2 aliphatic rings. The third-order valence-corrected chi connectivity index (χ3v) is 3.76. The van der Waals surface area contributed by atoms with Crippen molar-refractivity contribution in [2.45, 2.75) is 12.8 Å². The van der Waals surface area contributed by atoms with Gasteiger partial charge in [-0.25, -0.2) is 0 Å². The van der Waals surface area contributed by atoms with Gasteiger partial charge in [-0.3, -0.25) is 14.5 Å². The molecule has 0 radical (unpaired) electrons. The van der Waals surface area contributed by atoms with E-state index in [1.54, 1.807) is 24.3 Å². The van der Waals surface area contributed by atoms with E-state index in [4.69, 9.17) is 5.73 Å². The van der Waals surface area contributed by atoms with Gasteiger partial charge in [-0.15, -0.1) is 0 Å². The number of carbonyl (C=O) groups excluding carboxylic acids is 2. The average molecular weight is 230 g/mol. The molecule has 17 heavy (non-hydrogen) atoms. The molecule has 1 fully saturated rings. The van der Waals surface area contributed by atoms with Crippen LogP contribution in [0.4, 0.5) is 0 Å². The minimum atomic E-state index is -0.176. The molecule has 1 heterocycles. The Balaban J connectivity index is 1.90. The molecule has 0 aromatic heterocycles. The predicted molar refractivity (Wildman–Crippen MR) is 62.5 cm³/mol. The summed E-state index contributed by atoms with van der Waals surface area (Å²) in [5, 5.41) is 0. The maximum Gasteiger partial charge on any atom is 0.261 e. The zero-order chi connectivity index (χ0) is 12.0. The lowest BCUT2D eigenvalue weighted by molar-refractivity contribution is 0.0622. The average Bonchev–Trinajstić information content (AvgIpc) is 3.10. The number of imide groups is 1. The number of benzene rings is 1. The van der Waals surface area contributed by atoms with E-state index >= 15 is 0 Å². The molecule has 0 saturated heterocycles. The number of amides is 2. The SMILES string of the molecule is NCC1(CN2C(=O)c3ccccc3C2=O)CC1. The van der Waals surface area contributed by atoms with Gasteiger partial charge in [0.2, 0.25) is 0 Å². The lowest BCUT2D eigenvalue weighted by Gasteiger charge is -2.20. The van der Waals surface area contributed by atoms with Gasteiger partial charge in [0.15, 0.2) is 0 Å². The number of fused-ring (bicyclic) bond motifs is 1. The standard InChI is InChI=1S/C13H14N2O2/c14-7-13(5-6-13)8-15-11(16)9-3-1-2-4-10(9)12(15)17/h1-4H,5-8,14H2. The summed E-state index contributed by atoms with van der Waals surface area (Å²) in [6.07, 6.45) is 2.02. The fourth-order valence-electron chi connectivity index (χ4n) is 2.32. The van der Waals surface area contributed by atoms with Gasteiger partial charge in [-0.05, 0) is 31.5 Å². The first-order valence-electron chi connectivity index (χ1n) is 5.82. The molecule has 0 unspecified atom stereocenters. The second-order valence-corrected chi connectivity index (χ2v) is 4.95. The highest BCUT2D eigenvalue weighted by Crippen LogP contribution is 2.46. The number of hydrogen-bond donors (Lipinski definition) is 1. The van der Waals surface area contributed by atoms with Crippen molar-refractivity contribution >= 4 is 11.8 Å². The van der Waals surface area contributed by atoms with Crippen molar-refractivity contribution in [3.05, 3.63) is 35.4 Å². The highest BCUT2D eigenvalue weighted by molar-refractivity contribution is 6.21. The van der Waals surface area contributed by atoms with Crippen molar-refractivity contribution in [3.63, 3.8) is 0 Å². The third kappa shape index (κ3) is 1.48. The van der Waals surface area contributed by atoms with E-state index in [1.165, 1.54) is 4.90 Å². The fourth-order valence-corrected chi connectivity index (χ4v) is 2.32. The topological polar surface area (TPSA) is 63.4 Å². The minimum absolute atomic E-state index is 0.00658. The van der Waals surface area contributed by atoms with Crippen molar-refractivity contribution in [2.75, 3.05) is 13.1 Å². The van der Waals surface area contributed by atoms with Crippen LogP contribution in [0, 0.1) is 5.41 Å². The molecular formula is C13H14N2O2. The number of rotatable bonds is 3. The van der Waals surface area contributed by atoms with Gasteiger partial charge in [0.25, 0.3) is 11.8 Å². The van der Waals surface area contributed by atoms with Crippen LogP contribution in [0.5, 0.6) is 0 Å². The highest BCUT2D eigenvalue weighted by atomic mass is 16.2. The number of nitrogens with zero attached hydrogens (tertiary/aromatic N) is 1.